The number of amides is 1. The molecule has 1 aromatic rings. The molecule has 0 heterocycles. The molecule has 1 aromatic carbocycles. The summed E-state index contributed by atoms with van der Waals surface area (Å²) < 4.78 is 0. The molecule has 0 atom stereocenters. The van der Waals surface area contributed by atoms with Gasteiger partial charge in [-0.05, 0) is 31.2 Å². The largest absolute Gasteiger partial charge is 0.478 e. The summed E-state index contributed by atoms with van der Waals surface area (Å²) in [7, 11) is 1.68. The number of rotatable bonds is 4. The maximum Gasteiger partial charge on any atom is 0.335 e. The van der Waals surface area contributed by atoms with Gasteiger partial charge in [0.1, 0.15) is 0 Å². The normalized spacial score (nSPS) is 9.76. The molecule has 0 bridgehead atoms. The summed E-state index contributed by atoms with van der Waals surface area (Å²) in [5.41, 5.74) is 1.53. The van der Waals surface area contributed by atoms with E-state index in [0.29, 0.717) is 12.1 Å². The zero-order valence-corrected chi connectivity index (χ0v) is 9.93. The van der Waals surface area contributed by atoms with Crippen LogP contribution in [-0.2, 0) is 0 Å². The Labute approximate surface area is 100 Å². The number of benzene rings is 1. The Morgan fingerprint density at radius 1 is 1.24 bits per heavy atom. The van der Waals surface area contributed by atoms with E-state index in [4.69, 9.17) is 5.11 Å². The van der Waals surface area contributed by atoms with Crippen molar-refractivity contribution in [2.45, 2.75) is 6.92 Å². The highest BCUT2D eigenvalue weighted by Gasteiger charge is 2.12. The van der Waals surface area contributed by atoms with E-state index in [1.165, 1.54) is 29.2 Å². The summed E-state index contributed by atoms with van der Waals surface area (Å²) in [5, 5.41) is 8.74. The van der Waals surface area contributed by atoms with Crippen LogP contribution in [0.2, 0.25) is 0 Å². The standard InChI is InChI=1S/C13H15NO3/c1-9(2)8-14(3)12(15)10-4-6-11(7-5-10)13(16)17/h4-7H,1,8H2,2-3H3,(H,16,17). The molecule has 0 radical (unpaired) electrons. The third-order valence-electron chi connectivity index (χ3n) is 2.23. The van der Waals surface area contributed by atoms with Gasteiger partial charge < -0.3 is 10.0 Å². The number of hydrogen-bond acceptors (Lipinski definition) is 2. The Morgan fingerprint density at radius 2 is 1.71 bits per heavy atom. The molecule has 0 aromatic heterocycles. The van der Waals surface area contributed by atoms with E-state index in [9.17, 15) is 9.59 Å². The summed E-state index contributed by atoms with van der Waals surface area (Å²) in [4.78, 5) is 24.1. The van der Waals surface area contributed by atoms with Crippen molar-refractivity contribution in [2.75, 3.05) is 13.6 Å². The predicted octanol–water partition coefficient (Wildman–Crippen LogP) is 2.03. The van der Waals surface area contributed by atoms with Gasteiger partial charge in [0.25, 0.3) is 5.91 Å². The van der Waals surface area contributed by atoms with Crippen LogP contribution < -0.4 is 0 Å². The van der Waals surface area contributed by atoms with E-state index >= 15 is 0 Å². The molecule has 0 aliphatic rings. The minimum Gasteiger partial charge on any atom is -0.478 e. The molecular formula is C13H15NO3. The maximum atomic E-state index is 11.9. The topological polar surface area (TPSA) is 57.6 Å². The van der Waals surface area contributed by atoms with Crippen LogP contribution in [0.1, 0.15) is 27.6 Å². The highest BCUT2D eigenvalue weighted by atomic mass is 16.4. The lowest BCUT2D eigenvalue weighted by Gasteiger charge is -2.17. The average Bonchev–Trinajstić information content (AvgIpc) is 2.27. The molecule has 0 aliphatic heterocycles. The Hall–Kier alpha value is -2.10. The molecular weight excluding hydrogens is 218 g/mol. The summed E-state index contributed by atoms with van der Waals surface area (Å²) in [6.45, 7) is 6.07. The SMILES string of the molecule is C=C(C)CN(C)C(=O)c1ccc(C(=O)O)cc1. The maximum absolute atomic E-state index is 11.9. The van der Waals surface area contributed by atoms with Crippen molar-refractivity contribution in [3.63, 3.8) is 0 Å². The fraction of sp³-hybridized carbons (Fsp3) is 0.231. The van der Waals surface area contributed by atoms with E-state index < -0.39 is 5.97 Å². The Balaban J connectivity index is 2.82. The summed E-state index contributed by atoms with van der Waals surface area (Å²) in [6, 6.07) is 5.87. The summed E-state index contributed by atoms with van der Waals surface area (Å²) >= 11 is 0. The molecule has 4 heteroatoms. The number of nitrogens with zero attached hydrogens (tertiary/aromatic N) is 1. The number of aromatic carboxylic acids is 1. The minimum atomic E-state index is -1.00. The van der Waals surface area contributed by atoms with E-state index in [-0.39, 0.29) is 11.5 Å². The number of carbonyl (C=O) groups excluding carboxylic acids is 1. The zero-order chi connectivity index (χ0) is 13.0. The van der Waals surface area contributed by atoms with Crippen LogP contribution in [-0.4, -0.2) is 35.5 Å². The van der Waals surface area contributed by atoms with Crippen LogP contribution in [0.3, 0.4) is 0 Å². The van der Waals surface area contributed by atoms with Crippen molar-refractivity contribution in [3.05, 3.63) is 47.5 Å². The van der Waals surface area contributed by atoms with Crippen LogP contribution in [0.4, 0.5) is 0 Å². The number of carbonyl (C=O) groups is 2. The lowest BCUT2D eigenvalue weighted by Crippen LogP contribution is -2.28. The molecule has 0 spiro atoms. The molecule has 17 heavy (non-hydrogen) atoms. The molecule has 90 valence electrons. The van der Waals surface area contributed by atoms with Crippen molar-refractivity contribution < 1.29 is 14.7 Å². The van der Waals surface area contributed by atoms with Crippen molar-refractivity contribution in [1.82, 2.24) is 4.90 Å². The summed E-state index contributed by atoms with van der Waals surface area (Å²) in [5.74, 6) is -1.15. The van der Waals surface area contributed by atoms with Crippen molar-refractivity contribution in [1.29, 1.82) is 0 Å². The molecule has 0 unspecified atom stereocenters. The van der Waals surface area contributed by atoms with Gasteiger partial charge in [0, 0.05) is 19.2 Å². The molecule has 0 aliphatic carbocycles. The lowest BCUT2D eigenvalue weighted by atomic mass is 10.1. The minimum absolute atomic E-state index is 0.148. The first-order valence-electron chi connectivity index (χ1n) is 5.15. The predicted molar refractivity (Wildman–Crippen MR) is 65.2 cm³/mol. The first-order chi connectivity index (χ1) is 7.91. The second-order valence-electron chi connectivity index (χ2n) is 4.00. The average molecular weight is 233 g/mol. The van der Waals surface area contributed by atoms with Gasteiger partial charge in [0.15, 0.2) is 0 Å². The van der Waals surface area contributed by atoms with Gasteiger partial charge in [-0.1, -0.05) is 12.2 Å². The highest BCUT2D eigenvalue weighted by molar-refractivity contribution is 5.95. The molecule has 1 amide bonds. The van der Waals surface area contributed by atoms with Crippen molar-refractivity contribution in [2.24, 2.45) is 0 Å². The highest BCUT2D eigenvalue weighted by Crippen LogP contribution is 2.08. The monoisotopic (exact) mass is 233 g/mol. The molecule has 4 nitrogen and oxygen atoms in total. The third kappa shape index (κ3) is 3.45. The molecule has 0 saturated heterocycles. The smallest absolute Gasteiger partial charge is 0.335 e. The van der Waals surface area contributed by atoms with Gasteiger partial charge in [-0.15, -0.1) is 0 Å². The van der Waals surface area contributed by atoms with Crippen LogP contribution in [0.15, 0.2) is 36.4 Å². The van der Waals surface area contributed by atoms with Gasteiger partial charge in [0.05, 0.1) is 5.56 Å². The quantitative estimate of drug-likeness (QED) is 0.809. The first-order valence-corrected chi connectivity index (χ1v) is 5.15. The summed E-state index contributed by atoms with van der Waals surface area (Å²) in [6.07, 6.45) is 0. The first kappa shape index (κ1) is 13.0. The number of hydrogen-bond donors (Lipinski definition) is 1. The second-order valence-corrected chi connectivity index (χ2v) is 4.00. The molecule has 1 N–H and O–H groups in total. The van der Waals surface area contributed by atoms with E-state index in [1.54, 1.807) is 7.05 Å². The fourth-order valence-corrected chi connectivity index (χ4v) is 1.45. The zero-order valence-electron chi connectivity index (χ0n) is 9.93. The number of likely N-dealkylation sites (N-methyl/N-ethyl adjacent to an activating group) is 1. The van der Waals surface area contributed by atoms with Crippen LogP contribution >= 0.6 is 0 Å². The Bertz CT molecular complexity index is 448. The molecule has 0 saturated carbocycles. The van der Waals surface area contributed by atoms with E-state index in [2.05, 4.69) is 6.58 Å². The molecule has 1 rings (SSSR count). The second kappa shape index (κ2) is 5.30. The van der Waals surface area contributed by atoms with Crippen LogP contribution in [0, 0.1) is 0 Å². The molecule has 0 fully saturated rings. The van der Waals surface area contributed by atoms with Gasteiger partial charge in [-0.2, -0.15) is 0 Å². The lowest BCUT2D eigenvalue weighted by molar-refractivity contribution is 0.0695. The third-order valence-corrected chi connectivity index (χ3v) is 2.23. The van der Waals surface area contributed by atoms with Gasteiger partial charge in [-0.25, -0.2) is 4.79 Å². The van der Waals surface area contributed by atoms with E-state index in [1.807, 2.05) is 6.92 Å². The van der Waals surface area contributed by atoms with Crippen LogP contribution in [0.5, 0.6) is 0 Å². The van der Waals surface area contributed by atoms with Gasteiger partial charge in [-0.3, -0.25) is 4.79 Å². The van der Waals surface area contributed by atoms with Crippen molar-refractivity contribution in [3.8, 4) is 0 Å². The fourth-order valence-electron chi connectivity index (χ4n) is 1.45. The van der Waals surface area contributed by atoms with E-state index in [0.717, 1.165) is 5.57 Å². The Kier molecular flexibility index (Phi) is 4.04. The van der Waals surface area contributed by atoms with Crippen LogP contribution in [0.25, 0.3) is 0 Å². The van der Waals surface area contributed by atoms with Crippen molar-refractivity contribution >= 4 is 11.9 Å². The number of carboxylic acids is 1. The Morgan fingerprint density at radius 3 is 2.12 bits per heavy atom. The number of carboxylic acid groups (broad SMARTS) is 1. The van der Waals surface area contributed by atoms with Gasteiger partial charge >= 0.3 is 5.97 Å². The van der Waals surface area contributed by atoms with Gasteiger partial charge in [0.2, 0.25) is 0 Å².